The van der Waals surface area contributed by atoms with Gasteiger partial charge < -0.3 is 25.0 Å². The normalized spacial score (nSPS) is 14.9. The number of hydrogen-bond donors (Lipinski definition) is 2. The third kappa shape index (κ3) is 5.48. The Balaban J connectivity index is 1.13. The Hall–Kier alpha value is -3.22. The van der Waals surface area contributed by atoms with Gasteiger partial charge in [-0.3, -0.25) is 9.79 Å². The average Bonchev–Trinajstić information content (AvgIpc) is 3.28. The van der Waals surface area contributed by atoms with E-state index in [-0.39, 0.29) is 5.91 Å². The molecular formula is C24H30N4O3. The highest BCUT2D eigenvalue weighted by atomic mass is 16.7. The lowest BCUT2D eigenvalue weighted by molar-refractivity contribution is -0.132. The van der Waals surface area contributed by atoms with Gasteiger partial charge in [-0.25, -0.2) is 0 Å². The molecule has 0 spiro atoms. The minimum Gasteiger partial charge on any atom is -0.454 e. The summed E-state index contributed by atoms with van der Waals surface area (Å²) >= 11 is 0. The number of carbonyl (C=O) groups is 1. The number of carbonyl (C=O) groups excluding carboxylic acids is 1. The van der Waals surface area contributed by atoms with Crippen molar-refractivity contribution in [3.8, 4) is 11.5 Å². The van der Waals surface area contributed by atoms with Crippen LogP contribution in [0.25, 0.3) is 0 Å². The molecule has 0 saturated heterocycles. The van der Waals surface area contributed by atoms with Crippen LogP contribution >= 0.6 is 0 Å². The Morgan fingerprint density at radius 1 is 1.06 bits per heavy atom. The molecule has 4 rings (SSSR count). The Labute approximate surface area is 183 Å². The van der Waals surface area contributed by atoms with Crippen LogP contribution in [0, 0.1) is 0 Å². The maximum absolute atomic E-state index is 12.6. The fourth-order valence-corrected chi connectivity index (χ4v) is 3.96. The van der Waals surface area contributed by atoms with Crippen molar-refractivity contribution in [1.82, 2.24) is 15.5 Å². The molecule has 7 heteroatoms. The van der Waals surface area contributed by atoms with Gasteiger partial charge in [0.1, 0.15) is 0 Å². The summed E-state index contributed by atoms with van der Waals surface area (Å²) in [5.74, 6) is 2.58. The van der Waals surface area contributed by atoms with Gasteiger partial charge in [-0.15, -0.1) is 0 Å². The summed E-state index contributed by atoms with van der Waals surface area (Å²) in [6, 6.07) is 14.4. The van der Waals surface area contributed by atoms with Crippen molar-refractivity contribution in [2.75, 3.05) is 33.5 Å². The molecule has 2 aromatic rings. The largest absolute Gasteiger partial charge is 0.454 e. The fourth-order valence-electron chi connectivity index (χ4n) is 3.96. The molecule has 2 N–H and O–H groups in total. The van der Waals surface area contributed by atoms with Crippen LogP contribution in [-0.4, -0.2) is 50.2 Å². The summed E-state index contributed by atoms with van der Waals surface area (Å²) in [4.78, 5) is 18.8. The summed E-state index contributed by atoms with van der Waals surface area (Å²) in [6.07, 6.45) is 3.12. The highest BCUT2D eigenvalue weighted by molar-refractivity contribution is 5.80. The number of benzene rings is 2. The Bertz CT molecular complexity index is 944. The average molecular weight is 423 g/mol. The first-order valence-electron chi connectivity index (χ1n) is 10.9. The molecule has 0 unspecified atom stereocenters. The van der Waals surface area contributed by atoms with Gasteiger partial charge in [-0.2, -0.15) is 0 Å². The van der Waals surface area contributed by atoms with E-state index in [0.717, 1.165) is 56.4 Å². The number of aliphatic imine (C=N–C) groups is 1. The predicted octanol–water partition coefficient (Wildman–Crippen LogP) is 2.49. The van der Waals surface area contributed by atoms with E-state index >= 15 is 0 Å². The number of nitrogens with zero attached hydrogens (tertiary/aromatic N) is 2. The molecule has 0 fully saturated rings. The summed E-state index contributed by atoms with van der Waals surface area (Å²) < 4.78 is 10.8. The first-order chi connectivity index (χ1) is 15.2. The number of guanidine groups is 1. The van der Waals surface area contributed by atoms with Crippen LogP contribution in [0.15, 0.2) is 47.5 Å². The Kier molecular flexibility index (Phi) is 6.92. The van der Waals surface area contributed by atoms with Crippen molar-refractivity contribution in [1.29, 1.82) is 0 Å². The number of rotatable bonds is 7. The van der Waals surface area contributed by atoms with E-state index in [1.807, 2.05) is 23.1 Å². The first kappa shape index (κ1) is 21.0. The van der Waals surface area contributed by atoms with Crippen LogP contribution in [0.1, 0.15) is 29.5 Å². The number of fused-ring (bicyclic) bond motifs is 2. The van der Waals surface area contributed by atoms with E-state index in [0.29, 0.717) is 19.8 Å². The van der Waals surface area contributed by atoms with Crippen LogP contribution in [0.3, 0.4) is 0 Å². The predicted molar refractivity (Wildman–Crippen MR) is 120 cm³/mol. The summed E-state index contributed by atoms with van der Waals surface area (Å²) in [5.41, 5.74) is 3.82. The second-order valence-corrected chi connectivity index (χ2v) is 7.80. The van der Waals surface area contributed by atoms with Crippen molar-refractivity contribution >= 4 is 11.9 Å². The molecule has 164 valence electrons. The van der Waals surface area contributed by atoms with Crippen LogP contribution in [0.5, 0.6) is 11.5 Å². The zero-order valence-electron chi connectivity index (χ0n) is 18.0. The van der Waals surface area contributed by atoms with Crippen LogP contribution in [0.4, 0.5) is 0 Å². The van der Waals surface area contributed by atoms with Gasteiger partial charge in [0.25, 0.3) is 0 Å². The molecule has 0 aromatic heterocycles. The Morgan fingerprint density at radius 2 is 1.87 bits per heavy atom. The molecule has 0 radical (unpaired) electrons. The van der Waals surface area contributed by atoms with E-state index in [4.69, 9.17) is 9.47 Å². The SMILES string of the molecule is CN=C(NCCCC(=O)N1CCc2ccccc2C1)NCCc1ccc2c(c1)OCO2. The molecule has 7 nitrogen and oxygen atoms in total. The van der Waals surface area contributed by atoms with Gasteiger partial charge in [0.05, 0.1) is 0 Å². The van der Waals surface area contributed by atoms with E-state index < -0.39 is 0 Å². The topological polar surface area (TPSA) is 75.2 Å². The van der Waals surface area contributed by atoms with Gasteiger partial charge in [-0.1, -0.05) is 30.3 Å². The monoisotopic (exact) mass is 422 g/mol. The maximum Gasteiger partial charge on any atom is 0.231 e. The molecule has 0 saturated carbocycles. The zero-order chi connectivity index (χ0) is 21.5. The molecule has 2 aliphatic heterocycles. The van der Waals surface area contributed by atoms with Gasteiger partial charge in [0.2, 0.25) is 12.7 Å². The number of hydrogen-bond acceptors (Lipinski definition) is 4. The minimum absolute atomic E-state index is 0.224. The molecule has 2 aromatic carbocycles. The minimum atomic E-state index is 0.224. The van der Waals surface area contributed by atoms with Crippen molar-refractivity contribution in [2.24, 2.45) is 4.99 Å². The number of ether oxygens (including phenoxy) is 2. The molecule has 31 heavy (non-hydrogen) atoms. The number of amides is 1. The lowest BCUT2D eigenvalue weighted by Gasteiger charge is -2.29. The van der Waals surface area contributed by atoms with E-state index in [1.165, 1.54) is 16.7 Å². The molecular weight excluding hydrogens is 392 g/mol. The second kappa shape index (κ2) is 10.2. The van der Waals surface area contributed by atoms with Crippen LogP contribution in [0.2, 0.25) is 0 Å². The third-order valence-electron chi connectivity index (χ3n) is 5.71. The maximum atomic E-state index is 12.6. The van der Waals surface area contributed by atoms with E-state index in [1.54, 1.807) is 7.05 Å². The molecule has 1 amide bonds. The van der Waals surface area contributed by atoms with E-state index in [2.05, 4.69) is 39.9 Å². The smallest absolute Gasteiger partial charge is 0.231 e. The van der Waals surface area contributed by atoms with Crippen molar-refractivity contribution < 1.29 is 14.3 Å². The molecule has 0 atom stereocenters. The van der Waals surface area contributed by atoms with Crippen LogP contribution < -0.4 is 20.1 Å². The van der Waals surface area contributed by atoms with Crippen LogP contribution in [-0.2, 0) is 24.2 Å². The second-order valence-electron chi connectivity index (χ2n) is 7.80. The lowest BCUT2D eigenvalue weighted by atomic mass is 9.99. The quantitative estimate of drug-likeness (QED) is 0.407. The van der Waals surface area contributed by atoms with Crippen molar-refractivity contribution in [3.05, 3.63) is 59.2 Å². The fraction of sp³-hybridized carbons (Fsp3) is 0.417. The highest BCUT2D eigenvalue weighted by Crippen LogP contribution is 2.32. The zero-order valence-corrected chi connectivity index (χ0v) is 18.0. The summed E-state index contributed by atoms with van der Waals surface area (Å²) in [6.45, 7) is 3.30. The van der Waals surface area contributed by atoms with E-state index in [9.17, 15) is 4.79 Å². The number of nitrogens with one attached hydrogen (secondary N) is 2. The third-order valence-corrected chi connectivity index (χ3v) is 5.71. The van der Waals surface area contributed by atoms with Gasteiger partial charge in [0, 0.05) is 39.6 Å². The summed E-state index contributed by atoms with van der Waals surface area (Å²) in [5, 5.41) is 6.61. The Morgan fingerprint density at radius 3 is 2.74 bits per heavy atom. The lowest BCUT2D eigenvalue weighted by Crippen LogP contribution is -2.39. The van der Waals surface area contributed by atoms with Gasteiger partial charge >= 0.3 is 0 Å². The molecule has 0 bridgehead atoms. The highest BCUT2D eigenvalue weighted by Gasteiger charge is 2.19. The summed E-state index contributed by atoms with van der Waals surface area (Å²) in [7, 11) is 1.76. The molecule has 2 aliphatic rings. The molecule has 0 aliphatic carbocycles. The standard InChI is InChI=1S/C24H30N4O3/c1-25-24(27-13-10-18-8-9-21-22(15-18)31-17-30-21)26-12-4-7-23(29)28-14-11-19-5-2-3-6-20(19)16-28/h2-3,5-6,8-9,15H,4,7,10-14,16-17H2,1H3,(H2,25,26,27). The van der Waals surface area contributed by atoms with Crippen molar-refractivity contribution in [3.63, 3.8) is 0 Å². The van der Waals surface area contributed by atoms with Gasteiger partial charge in [-0.05, 0) is 48.1 Å². The molecule has 2 heterocycles. The van der Waals surface area contributed by atoms with Crippen molar-refractivity contribution in [2.45, 2.75) is 32.2 Å². The first-order valence-corrected chi connectivity index (χ1v) is 10.9. The van der Waals surface area contributed by atoms with Gasteiger partial charge in [0.15, 0.2) is 17.5 Å².